The van der Waals surface area contributed by atoms with Gasteiger partial charge in [0.25, 0.3) is 5.91 Å². The molecule has 0 radical (unpaired) electrons. The zero-order valence-corrected chi connectivity index (χ0v) is 12.7. The molecular formula is C20H14N2O2. The van der Waals surface area contributed by atoms with Crippen LogP contribution in [0, 0.1) is 11.3 Å². The molecule has 0 aliphatic heterocycles. The molecule has 4 heteroatoms. The van der Waals surface area contributed by atoms with Gasteiger partial charge in [-0.15, -0.1) is 0 Å². The van der Waals surface area contributed by atoms with Crippen molar-refractivity contribution in [3.8, 4) is 11.8 Å². The van der Waals surface area contributed by atoms with Crippen molar-refractivity contribution in [2.24, 2.45) is 0 Å². The Morgan fingerprint density at radius 3 is 2.46 bits per heavy atom. The molecule has 0 spiro atoms. The van der Waals surface area contributed by atoms with E-state index in [9.17, 15) is 15.2 Å². The molecule has 1 amide bonds. The summed E-state index contributed by atoms with van der Waals surface area (Å²) in [5.41, 5.74) is 0.976. The number of hydrogen-bond donors (Lipinski definition) is 2. The van der Waals surface area contributed by atoms with Gasteiger partial charge in [0.1, 0.15) is 17.4 Å². The molecule has 0 saturated heterocycles. The second kappa shape index (κ2) is 6.67. The topological polar surface area (TPSA) is 73.1 Å². The third-order valence-electron chi connectivity index (χ3n) is 3.63. The summed E-state index contributed by atoms with van der Waals surface area (Å²) in [5, 5.41) is 23.8. The number of fused-ring (bicyclic) bond motifs is 1. The molecule has 3 aromatic carbocycles. The van der Waals surface area contributed by atoms with Crippen LogP contribution < -0.4 is 5.32 Å². The lowest BCUT2D eigenvalue weighted by Gasteiger charge is -2.07. The minimum absolute atomic E-state index is 0.0222. The van der Waals surface area contributed by atoms with Crippen LogP contribution in [0.15, 0.2) is 72.3 Å². The monoisotopic (exact) mass is 314 g/mol. The van der Waals surface area contributed by atoms with E-state index in [0.29, 0.717) is 11.3 Å². The number of aromatic hydroxyl groups is 1. The Balaban J connectivity index is 2.01. The number of nitrogens with one attached hydrogen (secondary N) is 1. The van der Waals surface area contributed by atoms with Crippen LogP contribution in [-0.4, -0.2) is 11.0 Å². The number of anilines is 1. The minimum Gasteiger partial charge on any atom is -0.507 e. The number of para-hydroxylation sites is 1. The molecular weight excluding hydrogens is 300 g/mol. The van der Waals surface area contributed by atoms with Crippen molar-refractivity contribution in [1.82, 2.24) is 0 Å². The fraction of sp³-hybridized carbons (Fsp3) is 0. The first-order valence-electron chi connectivity index (χ1n) is 7.38. The Kier molecular flexibility index (Phi) is 4.26. The highest BCUT2D eigenvalue weighted by molar-refractivity contribution is 6.11. The summed E-state index contributed by atoms with van der Waals surface area (Å²) in [7, 11) is 0. The molecule has 116 valence electrons. The Morgan fingerprint density at radius 1 is 1.00 bits per heavy atom. The van der Waals surface area contributed by atoms with Crippen LogP contribution >= 0.6 is 0 Å². The van der Waals surface area contributed by atoms with Crippen molar-refractivity contribution >= 4 is 28.4 Å². The summed E-state index contributed by atoms with van der Waals surface area (Å²) in [5.74, 6) is -0.495. The van der Waals surface area contributed by atoms with Crippen LogP contribution in [0.3, 0.4) is 0 Å². The molecule has 0 unspecified atom stereocenters. The highest BCUT2D eigenvalue weighted by Crippen LogP contribution is 2.29. The van der Waals surface area contributed by atoms with E-state index in [1.165, 1.54) is 6.08 Å². The van der Waals surface area contributed by atoms with Gasteiger partial charge in [0.2, 0.25) is 0 Å². The van der Waals surface area contributed by atoms with Gasteiger partial charge in [-0.25, -0.2) is 0 Å². The largest absolute Gasteiger partial charge is 0.507 e. The molecule has 0 bridgehead atoms. The summed E-state index contributed by atoms with van der Waals surface area (Å²) >= 11 is 0. The van der Waals surface area contributed by atoms with Gasteiger partial charge < -0.3 is 10.4 Å². The number of nitriles is 1. The van der Waals surface area contributed by atoms with E-state index in [-0.39, 0.29) is 11.3 Å². The molecule has 0 aliphatic rings. The van der Waals surface area contributed by atoms with Gasteiger partial charge >= 0.3 is 0 Å². The van der Waals surface area contributed by atoms with E-state index >= 15 is 0 Å². The molecule has 24 heavy (non-hydrogen) atoms. The summed E-state index contributed by atoms with van der Waals surface area (Å²) in [4.78, 5) is 12.3. The Labute approximate surface area is 139 Å². The summed E-state index contributed by atoms with van der Waals surface area (Å²) in [6.45, 7) is 0. The SMILES string of the molecule is N#C/C(=C\c1c(O)ccc2ccccc12)C(=O)Nc1ccccc1. The minimum atomic E-state index is -0.518. The van der Waals surface area contributed by atoms with Crippen molar-refractivity contribution in [2.45, 2.75) is 0 Å². The van der Waals surface area contributed by atoms with Crippen molar-refractivity contribution in [1.29, 1.82) is 5.26 Å². The highest BCUT2D eigenvalue weighted by Gasteiger charge is 2.12. The van der Waals surface area contributed by atoms with E-state index < -0.39 is 5.91 Å². The quantitative estimate of drug-likeness (QED) is 0.565. The van der Waals surface area contributed by atoms with Crippen molar-refractivity contribution in [3.63, 3.8) is 0 Å². The maximum absolute atomic E-state index is 12.3. The van der Waals surface area contributed by atoms with Crippen LogP contribution in [0.2, 0.25) is 0 Å². The Hall–Kier alpha value is -3.58. The smallest absolute Gasteiger partial charge is 0.266 e. The van der Waals surface area contributed by atoms with Gasteiger partial charge in [0.05, 0.1) is 0 Å². The molecule has 3 rings (SSSR count). The third-order valence-corrected chi connectivity index (χ3v) is 3.63. The first-order chi connectivity index (χ1) is 11.7. The maximum atomic E-state index is 12.3. The van der Waals surface area contributed by atoms with Crippen molar-refractivity contribution < 1.29 is 9.90 Å². The van der Waals surface area contributed by atoms with E-state index in [0.717, 1.165) is 10.8 Å². The number of nitrogens with zero attached hydrogens (tertiary/aromatic N) is 1. The fourth-order valence-electron chi connectivity index (χ4n) is 2.45. The van der Waals surface area contributed by atoms with Gasteiger partial charge in [-0.2, -0.15) is 5.26 Å². The van der Waals surface area contributed by atoms with Crippen LogP contribution in [0.4, 0.5) is 5.69 Å². The van der Waals surface area contributed by atoms with E-state index in [2.05, 4.69) is 5.32 Å². The lowest BCUT2D eigenvalue weighted by molar-refractivity contribution is -0.112. The molecule has 0 heterocycles. The van der Waals surface area contributed by atoms with Crippen LogP contribution in [0.1, 0.15) is 5.56 Å². The Morgan fingerprint density at radius 2 is 1.71 bits per heavy atom. The molecule has 0 atom stereocenters. The summed E-state index contributed by atoms with van der Waals surface area (Å²) in [6.07, 6.45) is 1.41. The van der Waals surface area contributed by atoms with Crippen molar-refractivity contribution in [2.75, 3.05) is 5.32 Å². The molecule has 0 saturated carbocycles. The predicted molar refractivity (Wildman–Crippen MR) is 94.3 cm³/mol. The molecule has 0 aromatic heterocycles. The van der Waals surface area contributed by atoms with Gasteiger partial charge in [-0.3, -0.25) is 4.79 Å². The van der Waals surface area contributed by atoms with E-state index in [1.54, 1.807) is 36.4 Å². The second-order valence-electron chi connectivity index (χ2n) is 5.21. The van der Waals surface area contributed by atoms with Gasteiger partial charge in [-0.1, -0.05) is 48.5 Å². The zero-order chi connectivity index (χ0) is 16.9. The summed E-state index contributed by atoms with van der Waals surface area (Å²) in [6, 6.07) is 21.6. The molecule has 0 fully saturated rings. The first kappa shape index (κ1) is 15.3. The molecule has 2 N–H and O–H groups in total. The van der Waals surface area contributed by atoms with Crippen LogP contribution in [0.5, 0.6) is 5.75 Å². The second-order valence-corrected chi connectivity index (χ2v) is 5.21. The lowest BCUT2D eigenvalue weighted by atomic mass is 10.0. The number of rotatable bonds is 3. The summed E-state index contributed by atoms with van der Waals surface area (Å²) < 4.78 is 0. The van der Waals surface area contributed by atoms with E-state index in [1.807, 2.05) is 36.4 Å². The molecule has 0 aliphatic carbocycles. The maximum Gasteiger partial charge on any atom is 0.266 e. The fourth-order valence-corrected chi connectivity index (χ4v) is 2.45. The first-order valence-corrected chi connectivity index (χ1v) is 7.38. The van der Waals surface area contributed by atoms with Gasteiger partial charge in [-0.05, 0) is 35.0 Å². The standard InChI is InChI=1S/C20H14N2O2/c21-13-15(20(24)22-16-7-2-1-3-8-16)12-18-17-9-5-4-6-14(17)10-11-19(18)23/h1-12,23H,(H,22,24)/b15-12+. The van der Waals surface area contributed by atoms with Crippen molar-refractivity contribution in [3.05, 3.63) is 77.9 Å². The third kappa shape index (κ3) is 3.11. The normalized spacial score (nSPS) is 11.0. The van der Waals surface area contributed by atoms with Crippen LogP contribution in [-0.2, 0) is 4.79 Å². The lowest BCUT2D eigenvalue weighted by Crippen LogP contribution is -2.13. The number of carbonyl (C=O) groups is 1. The average molecular weight is 314 g/mol. The highest BCUT2D eigenvalue weighted by atomic mass is 16.3. The van der Waals surface area contributed by atoms with E-state index in [4.69, 9.17) is 0 Å². The average Bonchev–Trinajstić information content (AvgIpc) is 2.62. The predicted octanol–water partition coefficient (Wildman–Crippen LogP) is 4.09. The number of phenolic OH excluding ortho intramolecular Hbond substituents is 1. The van der Waals surface area contributed by atoms with Gasteiger partial charge in [0, 0.05) is 11.3 Å². The number of hydrogen-bond acceptors (Lipinski definition) is 3. The molecule has 3 aromatic rings. The molecule has 4 nitrogen and oxygen atoms in total. The van der Waals surface area contributed by atoms with Crippen LogP contribution in [0.25, 0.3) is 16.8 Å². The Bertz CT molecular complexity index is 970. The number of amides is 1. The number of benzene rings is 3. The zero-order valence-electron chi connectivity index (χ0n) is 12.7. The number of carbonyl (C=O) groups excluding carboxylic acids is 1. The number of phenols is 1. The van der Waals surface area contributed by atoms with Gasteiger partial charge in [0.15, 0.2) is 0 Å².